The molecule has 4 rings (SSSR count). The molecule has 3 aromatic rings. The summed E-state index contributed by atoms with van der Waals surface area (Å²) in [7, 11) is -1.48. The molecule has 1 aliphatic rings. The van der Waals surface area contributed by atoms with Gasteiger partial charge >= 0.3 is 0 Å². The van der Waals surface area contributed by atoms with Crippen molar-refractivity contribution in [1.29, 1.82) is 0 Å². The quantitative estimate of drug-likeness (QED) is 0.442. The van der Waals surface area contributed by atoms with Crippen molar-refractivity contribution in [3.05, 3.63) is 77.4 Å². The van der Waals surface area contributed by atoms with Gasteiger partial charge in [-0.2, -0.15) is 10.0 Å². The number of ether oxygens (including phenoxy) is 1. The van der Waals surface area contributed by atoms with Crippen molar-refractivity contribution < 1.29 is 9.84 Å². The molecule has 3 heteroatoms. The zero-order chi connectivity index (χ0) is 23.3. The zero-order valence-electron chi connectivity index (χ0n) is 20.5. The molecule has 0 radical (unpaired) electrons. The fourth-order valence-corrected chi connectivity index (χ4v) is 7.44. The van der Waals surface area contributed by atoms with Gasteiger partial charge in [0.2, 0.25) is 0 Å². The third-order valence-electron chi connectivity index (χ3n) is 6.51. The lowest BCUT2D eigenvalue weighted by atomic mass is 9.87. The fraction of sp³-hybridized carbons (Fsp3) is 0.379. The Bertz CT molecular complexity index is 1070. The molecule has 0 saturated heterocycles. The lowest BCUT2D eigenvalue weighted by molar-refractivity contribution is 0.299. The minimum absolute atomic E-state index is 0.0591. The molecule has 0 aliphatic carbocycles. The van der Waals surface area contributed by atoms with Crippen molar-refractivity contribution in [2.24, 2.45) is 0 Å². The van der Waals surface area contributed by atoms with E-state index in [2.05, 4.69) is 108 Å². The molecule has 3 aromatic carbocycles. The molecule has 1 aliphatic heterocycles. The van der Waals surface area contributed by atoms with E-state index in [0.29, 0.717) is 6.42 Å². The van der Waals surface area contributed by atoms with Crippen molar-refractivity contribution in [2.75, 3.05) is 12.9 Å². The predicted octanol–water partition coefficient (Wildman–Crippen LogP) is 7.83. The predicted molar refractivity (Wildman–Crippen MR) is 136 cm³/mol. The molecule has 2 nitrogen and oxygen atoms in total. The maximum atomic E-state index is 9.32. The first-order valence-corrected chi connectivity index (χ1v) is 13.4. The van der Waals surface area contributed by atoms with Crippen LogP contribution >= 0.6 is 10.0 Å². The number of fused-ring (bicyclic) bond motifs is 2. The summed E-state index contributed by atoms with van der Waals surface area (Å²) in [6.45, 7) is 13.6. The second-order valence-electron chi connectivity index (χ2n) is 11.0. The number of rotatable bonds is 3. The summed E-state index contributed by atoms with van der Waals surface area (Å²) in [5, 5.41) is 9.32. The lowest BCUT2D eigenvalue weighted by Crippen LogP contribution is -2.16. The molecule has 32 heavy (non-hydrogen) atoms. The molecule has 1 N–H and O–H groups in total. The summed E-state index contributed by atoms with van der Waals surface area (Å²) in [4.78, 5) is 3.87. The van der Waals surface area contributed by atoms with Gasteiger partial charge < -0.3 is 9.84 Å². The Labute approximate surface area is 195 Å². The van der Waals surface area contributed by atoms with E-state index < -0.39 is 10.0 Å². The van der Waals surface area contributed by atoms with Gasteiger partial charge in [0.1, 0.15) is 11.5 Å². The van der Waals surface area contributed by atoms with E-state index in [1.807, 2.05) is 0 Å². The average Bonchev–Trinajstić information content (AvgIpc) is 2.72. The molecular formula is C29H36O2S. The number of hydrogen-bond donors (Lipinski definition) is 1. The Balaban J connectivity index is 1.94. The van der Waals surface area contributed by atoms with Gasteiger partial charge in [0, 0.05) is 16.4 Å². The summed E-state index contributed by atoms with van der Waals surface area (Å²) >= 11 is 0. The molecule has 0 atom stereocenters. The minimum atomic E-state index is -1.48. The van der Waals surface area contributed by atoms with Gasteiger partial charge in [-0.25, -0.2) is 0 Å². The van der Waals surface area contributed by atoms with Gasteiger partial charge in [0.15, 0.2) is 0 Å². The van der Waals surface area contributed by atoms with E-state index >= 15 is 0 Å². The fourth-order valence-electron chi connectivity index (χ4n) is 4.33. The number of aliphatic hydroxyl groups excluding tert-OH is 1. The van der Waals surface area contributed by atoms with Gasteiger partial charge in [-0.1, -0.05) is 65.8 Å². The van der Waals surface area contributed by atoms with Crippen LogP contribution in [0.3, 0.4) is 0 Å². The molecule has 0 bridgehead atoms. The van der Waals surface area contributed by atoms with Crippen LogP contribution < -0.4 is 4.74 Å². The average molecular weight is 449 g/mol. The monoisotopic (exact) mass is 448 g/mol. The van der Waals surface area contributed by atoms with Crippen molar-refractivity contribution in [2.45, 2.75) is 73.5 Å². The van der Waals surface area contributed by atoms with E-state index in [0.717, 1.165) is 17.1 Å². The highest BCUT2D eigenvalue weighted by atomic mass is 32.3. The van der Waals surface area contributed by atoms with E-state index in [1.165, 1.54) is 25.8 Å². The normalized spacial score (nSPS) is 16.0. The lowest BCUT2D eigenvalue weighted by Gasteiger charge is -2.43. The highest BCUT2D eigenvalue weighted by Crippen LogP contribution is 2.73. The van der Waals surface area contributed by atoms with Crippen molar-refractivity contribution in [3.8, 4) is 11.5 Å². The van der Waals surface area contributed by atoms with E-state index in [1.54, 1.807) is 0 Å². The van der Waals surface area contributed by atoms with Gasteiger partial charge in [-0.3, -0.25) is 0 Å². The highest BCUT2D eigenvalue weighted by molar-refractivity contribution is 8.33. The summed E-state index contributed by atoms with van der Waals surface area (Å²) in [5.41, 5.74) is 3.85. The minimum Gasteiger partial charge on any atom is -0.455 e. The van der Waals surface area contributed by atoms with Crippen LogP contribution in [0.1, 0.15) is 58.2 Å². The second kappa shape index (κ2) is 7.97. The second-order valence-corrected chi connectivity index (χ2v) is 14.1. The first kappa shape index (κ1) is 22.9. The molecule has 170 valence electrons. The van der Waals surface area contributed by atoms with Gasteiger partial charge in [0.05, 0.1) is 0 Å². The van der Waals surface area contributed by atoms with Crippen LogP contribution in [-0.2, 0) is 17.3 Å². The summed E-state index contributed by atoms with van der Waals surface area (Å²) < 4.78 is 6.62. The standard InChI is InChI=1S/C29H36O2S/c1-28(2,3)21-10-14-26-24(18-21)31-25-19-22(29(4,5)6)11-15-27(25)32(26,7)23-12-8-20(9-13-23)16-17-30/h8-15,18-19,30H,16-17H2,1-7H3. The first-order valence-electron chi connectivity index (χ1n) is 11.4. The van der Waals surface area contributed by atoms with E-state index in [4.69, 9.17) is 4.74 Å². The molecule has 1 heterocycles. The third kappa shape index (κ3) is 3.97. The molecule has 0 saturated carbocycles. The number of benzene rings is 3. The van der Waals surface area contributed by atoms with Crippen LogP contribution in [0, 0.1) is 0 Å². The van der Waals surface area contributed by atoms with Crippen LogP contribution in [0.2, 0.25) is 0 Å². The Morgan fingerprint density at radius 1 is 0.719 bits per heavy atom. The third-order valence-corrected chi connectivity index (χ3v) is 10.2. The first-order chi connectivity index (χ1) is 14.9. The summed E-state index contributed by atoms with van der Waals surface area (Å²) in [6.07, 6.45) is 3.08. The molecule has 0 aromatic heterocycles. The van der Waals surface area contributed by atoms with Gasteiger partial charge in [0.25, 0.3) is 0 Å². The largest absolute Gasteiger partial charge is 0.455 e. The van der Waals surface area contributed by atoms with Crippen LogP contribution in [-0.4, -0.2) is 18.0 Å². The Morgan fingerprint density at radius 2 is 1.19 bits per heavy atom. The number of aliphatic hydroxyl groups is 1. The summed E-state index contributed by atoms with van der Waals surface area (Å²) in [6, 6.07) is 22.4. The topological polar surface area (TPSA) is 29.5 Å². The maximum absolute atomic E-state index is 9.32. The zero-order valence-corrected chi connectivity index (χ0v) is 21.3. The van der Waals surface area contributed by atoms with E-state index in [-0.39, 0.29) is 17.4 Å². The molecule has 0 amide bonds. The molecule has 0 spiro atoms. The van der Waals surface area contributed by atoms with Crippen molar-refractivity contribution in [1.82, 2.24) is 0 Å². The van der Waals surface area contributed by atoms with Gasteiger partial charge in [-0.15, -0.1) is 0 Å². The Hall–Kier alpha value is -2.23. The summed E-state index contributed by atoms with van der Waals surface area (Å²) in [5.74, 6) is 1.96. The van der Waals surface area contributed by atoms with E-state index in [9.17, 15) is 5.11 Å². The number of hydrogen-bond acceptors (Lipinski definition) is 2. The highest BCUT2D eigenvalue weighted by Gasteiger charge is 2.37. The SMILES string of the molecule is CC(C)(C)c1ccc2c(c1)Oc1cc(C(C)(C)C)ccc1S2(C)c1ccc(CCO)cc1. The van der Waals surface area contributed by atoms with Crippen LogP contribution in [0.5, 0.6) is 11.5 Å². The van der Waals surface area contributed by atoms with Crippen LogP contribution in [0.25, 0.3) is 0 Å². The van der Waals surface area contributed by atoms with Crippen molar-refractivity contribution in [3.63, 3.8) is 0 Å². The molecular weight excluding hydrogens is 412 g/mol. The Morgan fingerprint density at radius 3 is 1.59 bits per heavy atom. The van der Waals surface area contributed by atoms with Crippen LogP contribution in [0.15, 0.2) is 75.4 Å². The maximum Gasteiger partial charge on any atom is 0.140 e. The molecule has 0 fully saturated rings. The van der Waals surface area contributed by atoms with Crippen LogP contribution in [0.4, 0.5) is 0 Å². The van der Waals surface area contributed by atoms with Gasteiger partial charge in [-0.05, 0) is 81.5 Å². The Kier molecular flexibility index (Phi) is 5.71. The van der Waals surface area contributed by atoms with Crippen molar-refractivity contribution >= 4 is 10.0 Å². The molecule has 0 unspecified atom stereocenters. The smallest absolute Gasteiger partial charge is 0.140 e.